The van der Waals surface area contributed by atoms with Crippen LogP contribution in [0.3, 0.4) is 0 Å². The SMILES string of the molecule is Fc1ccc([C@@H]2CCCCn3nc(N[C@H]4[C@@H]5CC[C@H]4CN(c4cc(Cl)ncn4)C5)nc32)c(F)c1F. The third-order valence-corrected chi connectivity index (χ3v) is 7.84. The summed E-state index contributed by atoms with van der Waals surface area (Å²) in [6.07, 6.45) is 5.96. The first-order chi connectivity index (χ1) is 17.0. The maximum absolute atomic E-state index is 14.7. The molecule has 7 nitrogen and oxygen atoms in total. The van der Waals surface area contributed by atoms with E-state index < -0.39 is 23.4 Å². The third-order valence-electron chi connectivity index (χ3n) is 7.64. The average Bonchev–Trinajstić information content (AvgIpc) is 3.25. The molecule has 3 aromatic rings. The molecule has 2 bridgehead atoms. The second-order valence-electron chi connectivity index (χ2n) is 9.70. The second-order valence-corrected chi connectivity index (χ2v) is 10.1. The van der Waals surface area contributed by atoms with Gasteiger partial charge in [0.05, 0.1) is 0 Å². The molecule has 3 aliphatic rings. The van der Waals surface area contributed by atoms with Crippen LogP contribution in [0.2, 0.25) is 5.15 Å². The van der Waals surface area contributed by atoms with E-state index in [0.29, 0.717) is 41.7 Å². The van der Waals surface area contributed by atoms with Crippen LogP contribution in [0.1, 0.15) is 49.4 Å². The Bertz CT molecular complexity index is 1240. The largest absolute Gasteiger partial charge is 0.356 e. The number of hydrogen-bond donors (Lipinski definition) is 1. The molecule has 0 unspecified atom stereocenters. The minimum atomic E-state index is -1.44. The second kappa shape index (κ2) is 8.96. The summed E-state index contributed by atoms with van der Waals surface area (Å²) in [6.45, 7) is 2.35. The number of nitrogens with one attached hydrogen (secondary N) is 1. The van der Waals surface area contributed by atoms with E-state index in [1.165, 1.54) is 12.4 Å². The van der Waals surface area contributed by atoms with Crippen LogP contribution < -0.4 is 10.2 Å². The molecule has 1 aromatic carbocycles. The molecule has 11 heteroatoms. The van der Waals surface area contributed by atoms with Gasteiger partial charge in [-0.25, -0.2) is 27.8 Å². The van der Waals surface area contributed by atoms with Gasteiger partial charge in [0.2, 0.25) is 5.95 Å². The summed E-state index contributed by atoms with van der Waals surface area (Å²) in [7, 11) is 0. The first kappa shape index (κ1) is 22.6. The number of benzene rings is 1. The van der Waals surface area contributed by atoms with E-state index in [1.807, 2.05) is 0 Å². The molecule has 4 heterocycles. The van der Waals surface area contributed by atoms with E-state index in [2.05, 4.69) is 25.3 Å². The molecule has 1 saturated heterocycles. The fraction of sp³-hybridized carbons (Fsp3) is 0.500. The Morgan fingerprint density at radius 3 is 2.54 bits per heavy atom. The molecule has 184 valence electrons. The number of aromatic nitrogens is 5. The van der Waals surface area contributed by atoms with Crippen LogP contribution in [0, 0.1) is 29.3 Å². The van der Waals surface area contributed by atoms with Crippen molar-refractivity contribution in [2.75, 3.05) is 23.3 Å². The van der Waals surface area contributed by atoms with Crippen LogP contribution in [0.25, 0.3) is 0 Å². The maximum Gasteiger partial charge on any atom is 0.242 e. The molecule has 2 aliphatic heterocycles. The Kier molecular flexibility index (Phi) is 5.78. The van der Waals surface area contributed by atoms with Gasteiger partial charge in [0.1, 0.15) is 23.1 Å². The van der Waals surface area contributed by atoms with Crippen molar-refractivity contribution >= 4 is 23.4 Å². The summed E-state index contributed by atoms with van der Waals surface area (Å²) in [5.41, 5.74) is 0.128. The molecule has 6 rings (SSSR count). The Balaban J connectivity index is 1.24. The number of halogens is 4. The van der Waals surface area contributed by atoms with Crippen LogP contribution >= 0.6 is 11.6 Å². The Hall–Kier alpha value is -2.88. The minimum absolute atomic E-state index is 0.128. The zero-order valence-corrected chi connectivity index (χ0v) is 19.7. The van der Waals surface area contributed by atoms with E-state index in [0.717, 1.165) is 50.7 Å². The summed E-state index contributed by atoms with van der Waals surface area (Å²) < 4.78 is 44.0. The number of fused-ring (bicyclic) bond motifs is 3. The van der Waals surface area contributed by atoms with Crippen LogP contribution in [0.15, 0.2) is 24.5 Å². The summed E-state index contributed by atoms with van der Waals surface area (Å²) >= 11 is 6.06. The van der Waals surface area contributed by atoms with Gasteiger partial charge in [0.25, 0.3) is 0 Å². The Labute approximate surface area is 205 Å². The predicted octanol–water partition coefficient (Wildman–Crippen LogP) is 4.78. The molecule has 4 atom stereocenters. The lowest BCUT2D eigenvalue weighted by Crippen LogP contribution is -2.48. The van der Waals surface area contributed by atoms with E-state index in [-0.39, 0.29) is 11.6 Å². The summed E-state index contributed by atoms with van der Waals surface area (Å²) in [4.78, 5) is 15.4. The highest BCUT2D eigenvalue weighted by molar-refractivity contribution is 6.29. The van der Waals surface area contributed by atoms with Crippen molar-refractivity contribution in [1.29, 1.82) is 0 Å². The maximum atomic E-state index is 14.7. The van der Waals surface area contributed by atoms with Crippen molar-refractivity contribution < 1.29 is 13.2 Å². The highest BCUT2D eigenvalue weighted by Gasteiger charge is 2.43. The Morgan fingerprint density at radius 1 is 0.971 bits per heavy atom. The number of piperidine rings is 1. The van der Waals surface area contributed by atoms with Gasteiger partial charge in [0, 0.05) is 43.2 Å². The topological polar surface area (TPSA) is 71.8 Å². The normalized spacial score (nSPS) is 25.9. The van der Waals surface area contributed by atoms with E-state index in [1.54, 1.807) is 10.7 Å². The fourth-order valence-electron chi connectivity index (χ4n) is 5.97. The first-order valence-corrected chi connectivity index (χ1v) is 12.4. The van der Waals surface area contributed by atoms with Crippen molar-refractivity contribution in [3.05, 3.63) is 58.5 Å². The highest BCUT2D eigenvalue weighted by atomic mass is 35.5. The molecule has 35 heavy (non-hydrogen) atoms. The van der Waals surface area contributed by atoms with Gasteiger partial charge in [-0.2, -0.15) is 4.98 Å². The molecule has 2 fully saturated rings. The van der Waals surface area contributed by atoms with Gasteiger partial charge >= 0.3 is 0 Å². The van der Waals surface area contributed by atoms with Crippen LogP contribution in [-0.2, 0) is 6.54 Å². The quantitative estimate of drug-likeness (QED) is 0.408. The van der Waals surface area contributed by atoms with Gasteiger partial charge in [-0.15, -0.1) is 5.10 Å². The van der Waals surface area contributed by atoms with Gasteiger partial charge in [0.15, 0.2) is 17.5 Å². The number of nitrogens with zero attached hydrogens (tertiary/aromatic N) is 6. The number of aryl methyl sites for hydroxylation is 1. The number of hydrogen-bond acceptors (Lipinski definition) is 6. The molecule has 1 aliphatic carbocycles. The lowest BCUT2D eigenvalue weighted by Gasteiger charge is -2.38. The highest BCUT2D eigenvalue weighted by Crippen LogP contribution is 2.40. The fourth-order valence-corrected chi connectivity index (χ4v) is 6.11. The summed E-state index contributed by atoms with van der Waals surface area (Å²) in [5.74, 6) is -1.52. The van der Waals surface area contributed by atoms with Gasteiger partial charge in [-0.05, 0) is 43.6 Å². The zero-order chi connectivity index (χ0) is 24.1. The number of rotatable bonds is 4. The molecule has 0 spiro atoms. The predicted molar refractivity (Wildman–Crippen MR) is 125 cm³/mol. The van der Waals surface area contributed by atoms with Crippen LogP contribution in [0.5, 0.6) is 0 Å². The van der Waals surface area contributed by atoms with Crippen LogP contribution in [-0.4, -0.2) is 43.9 Å². The molecule has 0 radical (unpaired) electrons. The van der Waals surface area contributed by atoms with Crippen molar-refractivity contribution in [1.82, 2.24) is 24.7 Å². The molecule has 1 N–H and O–H groups in total. The van der Waals surface area contributed by atoms with E-state index in [9.17, 15) is 13.2 Å². The minimum Gasteiger partial charge on any atom is -0.356 e. The van der Waals surface area contributed by atoms with Crippen molar-refractivity contribution in [2.45, 2.75) is 50.6 Å². The standard InChI is InChI=1S/C24H25ClF3N7/c25-18-9-19(30-12-29-18)34-10-13-4-5-14(11-34)22(13)31-24-32-23-16(3-1-2-8-35(23)33-24)15-6-7-17(26)21(28)20(15)27/h6-7,9,12-14,16,22H,1-5,8,10-11H2,(H,31,33)/t13-,14+,16-,22+/m0/s1. The van der Waals surface area contributed by atoms with E-state index >= 15 is 0 Å². The van der Waals surface area contributed by atoms with Gasteiger partial charge in [-0.3, -0.25) is 0 Å². The van der Waals surface area contributed by atoms with Gasteiger partial charge in [-0.1, -0.05) is 24.1 Å². The van der Waals surface area contributed by atoms with Crippen molar-refractivity contribution in [2.24, 2.45) is 11.8 Å². The van der Waals surface area contributed by atoms with Crippen molar-refractivity contribution in [3.63, 3.8) is 0 Å². The zero-order valence-electron chi connectivity index (χ0n) is 19.0. The summed E-state index contributed by atoms with van der Waals surface area (Å²) in [6, 6.07) is 4.31. The first-order valence-electron chi connectivity index (χ1n) is 12.0. The third kappa shape index (κ3) is 4.11. The smallest absolute Gasteiger partial charge is 0.242 e. The summed E-state index contributed by atoms with van der Waals surface area (Å²) in [5, 5.41) is 8.67. The lowest BCUT2D eigenvalue weighted by atomic mass is 9.92. The van der Waals surface area contributed by atoms with Gasteiger partial charge < -0.3 is 10.2 Å². The molecular formula is C24H25ClF3N7. The lowest BCUT2D eigenvalue weighted by molar-refractivity contribution is 0.374. The molecule has 0 amide bonds. The monoisotopic (exact) mass is 503 g/mol. The average molecular weight is 504 g/mol. The molecular weight excluding hydrogens is 479 g/mol. The molecule has 2 aromatic heterocycles. The van der Waals surface area contributed by atoms with Crippen molar-refractivity contribution in [3.8, 4) is 0 Å². The Morgan fingerprint density at radius 2 is 1.77 bits per heavy atom. The number of anilines is 2. The van der Waals surface area contributed by atoms with Crippen LogP contribution in [0.4, 0.5) is 24.9 Å². The molecule has 1 saturated carbocycles. The van der Waals surface area contributed by atoms with E-state index in [4.69, 9.17) is 16.6 Å².